The van der Waals surface area contributed by atoms with E-state index in [1.54, 1.807) is 4.90 Å². The minimum absolute atomic E-state index is 0.131. The molecule has 1 amide bonds. The summed E-state index contributed by atoms with van der Waals surface area (Å²) < 4.78 is 5.60. The second kappa shape index (κ2) is 8.67. The lowest BCUT2D eigenvalue weighted by atomic mass is 9.84. The largest absolute Gasteiger partial charge is 0.492 e. The Hall–Kier alpha value is -1.55. The number of hydrogen-bond donors (Lipinski definition) is 1. The van der Waals surface area contributed by atoms with Gasteiger partial charge in [0.25, 0.3) is 0 Å². The average molecular weight is 292 g/mol. The first kappa shape index (κ1) is 17.5. The molecule has 21 heavy (non-hydrogen) atoms. The highest BCUT2D eigenvalue weighted by Crippen LogP contribution is 2.26. The van der Waals surface area contributed by atoms with Gasteiger partial charge >= 0.3 is 0 Å². The molecule has 1 aromatic carbocycles. The maximum Gasteiger partial charge on any atom is 0.222 e. The number of carbonyl (C=O) groups excluding carboxylic acids is 1. The Morgan fingerprint density at radius 2 is 1.90 bits per heavy atom. The Labute approximate surface area is 128 Å². The van der Waals surface area contributed by atoms with Crippen molar-refractivity contribution >= 4 is 5.91 Å². The van der Waals surface area contributed by atoms with E-state index < -0.39 is 0 Å². The van der Waals surface area contributed by atoms with E-state index in [1.807, 2.05) is 37.4 Å². The van der Waals surface area contributed by atoms with Gasteiger partial charge in [-0.2, -0.15) is 0 Å². The Balaban J connectivity index is 2.25. The lowest BCUT2D eigenvalue weighted by Crippen LogP contribution is -2.31. The van der Waals surface area contributed by atoms with E-state index in [0.717, 1.165) is 18.6 Å². The third-order valence-electron chi connectivity index (χ3n) is 3.70. The summed E-state index contributed by atoms with van der Waals surface area (Å²) in [6.45, 7) is 6.10. The van der Waals surface area contributed by atoms with E-state index >= 15 is 0 Å². The fraction of sp³-hybridized carbons (Fsp3) is 0.588. The summed E-state index contributed by atoms with van der Waals surface area (Å²) in [5, 5.41) is 0. The van der Waals surface area contributed by atoms with E-state index in [2.05, 4.69) is 13.8 Å². The molecule has 0 aliphatic rings. The average Bonchev–Trinajstić information content (AvgIpc) is 2.46. The molecule has 118 valence electrons. The number of rotatable bonds is 9. The highest BCUT2D eigenvalue weighted by molar-refractivity contribution is 5.75. The Morgan fingerprint density at radius 1 is 1.24 bits per heavy atom. The summed E-state index contributed by atoms with van der Waals surface area (Å²) in [4.78, 5) is 13.8. The molecule has 0 fully saturated rings. The number of benzene rings is 1. The third-order valence-corrected chi connectivity index (χ3v) is 3.70. The van der Waals surface area contributed by atoms with Gasteiger partial charge in [-0.3, -0.25) is 4.79 Å². The molecule has 0 unspecified atom stereocenters. The van der Waals surface area contributed by atoms with Crippen molar-refractivity contribution in [3.05, 3.63) is 30.3 Å². The van der Waals surface area contributed by atoms with Gasteiger partial charge in [0.2, 0.25) is 5.91 Å². The summed E-state index contributed by atoms with van der Waals surface area (Å²) in [5.74, 6) is 0.999. The minimum atomic E-state index is 0.131. The summed E-state index contributed by atoms with van der Waals surface area (Å²) in [7, 11) is 1.83. The van der Waals surface area contributed by atoms with Crippen molar-refractivity contribution in [2.24, 2.45) is 11.1 Å². The zero-order chi connectivity index (χ0) is 15.7. The van der Waals surface area contributed by atoms with Crippen molar-refractivity contribution < 1.29 is 9.53 Å². The van der Waals surface area contributed by atoms with Crippen LogP contribution in [0.3, 0.4) is 0 Å². The number of likely N-dealkylation sites (N-methyl/N-ethyl adjacent to an activating group) is 1. The molecule has 2 N–H and O–H groups in total. The molecule has 0 bridgehead atoms. The molecule has 0 saturated carbocycles. The third kappa shape index (κ3) is 7.14. The van der Waals surface area contributed by atoms with E-state index in [1.165, 1.54) is 0 Å². The van der Waals surface area contributed by atoms with Gasteiger partial charge in [0.05, 0.1) is 6.54 Å². The topological polar surface area (TPSA) is 55.6 Å². The predicted octanol–water partition coefficient (Wildman–Crippen LogP) is 2.68. The van der Waals surface area contributed by atoms with Gasteiger partial charge < -0.3 is 15.4 Å². The number of hydrogen-bond acceptors (Lipinski definition) is 3. The van der Waals surface area contributed by atoms with Gasteiger partial charge in [0.1, 0.15) is 12.4 Å². The summed E-state index contributed by atoms with van der Waals surface area (Å²) in [6.07, 6.45) is 2.38. The zero-order valence-electron chi connectivity index (χ0n) is 13.5. The Kier molecular flexibility index (Phi) is 7.23. The van der Waals surface area contributed by atoms with Crippen LogP contribution < -0.4 is 10.5 Å². The second-order valence-electron chi connectivity index (χ2n) is 6.18. The number of carbonyl (C=O) groups is 1. The first-order valence-electron chi connectivity index (χ1n) is 7.56. The van der Waals surface area contributed by atoms with Gasteiger partial charge in [0.15, 0.2) is 0 Å². The predicted molar refractivity (Wildman–Crippen MR) is 86.3 cm³/mol. The lowest BCUT2D eigenvalue weighted by Gasteiger charge is -2.25. The second-order valence-corrected chi connectivity index (χ2v) is 6.18. The zero-order valence-corrected chi connectivity index (χ0v) is 13.5. The van der Waals surface area contributed by atoms with Crippen LogP contribution in [0.5, 0.6) is 5.75 Å². The molecule has 0 saturated heterocycles. The normalized spacial score (nSPS) is 11.2. The van der Waals surface area contributed by atoms with Crippen LogP contribution >= 0.6 is 0 Å². The summed E-state index contributed by atoms with van der Waals surface area (Å²) in [6, 6.07) is 9.65. The first-order valence-corrected chi connectivity index (χ1v) is 7.56. The SMILES string of the molecule is CN(CCOc1ccccc1)C(=O)CCC(C)(C)CCN. The van der Waals surface area contributed by atoms with E-state index in [9.17, 15) is 4.79 Å². The molecule has 1 rings (SSSR count). The fourth-order valence-corrected chi connectivity index (χ4v) is 2.09. The Bertz CT molecular complexity index is 418. The van der Waals surface area contributed by atoms with E-state index in [0.29, 0.717) is 26.1 Å². The lowest BCUT2D eigenvalue weighted by molar-refractivity contribution is -0.130. The maximum atomic E-state index is 12.1. The summed E-state index contributed by atoms with van der Waals surface area (Å²) in [5.41, 5.74) is 5.72. The van der Waals surface area contributed by atoms with Gasteiger partial charge in [-0.15, -0.1) is 0 Å². The smallest absolute Gasteiger partial charge is 0.222 e. The molecule has 4 nitrogen and oxygen atoms in total. The highest BCUT2D eigenvalue weighted by atomic mass is 16.5. The van der Waals surface area contributed by atoms with Gasteiger partial charge in [-0.05, 0) is 36.9 Å². The van der Waals surface area contributed by atoms with E-state index in [4.69, 9.17) is 10.5 Å². The minimum Gasteiger partial charge on any atom is -0.492 e. The molecule has 0 aliphatic heterocycles. The van der Waals surface area contributed by atoms with Gasteiger partial charge in [0, 0.05) is 13.5 Å². The molecular weight excluding hydrogens is 264 g/mol. The first-order chi connectivity index (χ1) is 9.94. The van der Waals surface area contributed by atoms with Crippen LogP contribution in [0, 0.1) is 5.41 Å². The number of nitrogens with zero attached hydrogens (tertiary/aromatic N) is 1. The number of amides is 1. The molecule has 0 aliphatic carbocycles. The number of ether oxygens (including phenoxy) is 1. The number of para-hydroxylation sites is 1. The van der Waals surface area contributed by atoms with Crippen molar-refractivity contribution in [1.82, 2.24) is 4.90 Å². The van der Waals surface area contributed by atoms with Crippen LogP contribution in [0.25, 0.3) is 0 Å². The van der Waals surface area contributed by atoms with Crippen LogP contribution in [0.2, 0.25) is 0 Å². The molecule has 0 atom stereocenters. The molecule has 0 heterocycles. The van der Waals surface area contributed by atoms with Gasteiger partial charge in [-0.1, -0.05) is 32.0 Å². The van der Waals surface area contributed by atoms with Crippen LogP contribution in [0.4, 0.5) is 0 Å². The van der Waals surface area contributed by atoms with Crippen molar-refractivity contribution in [2.45, 2.75) is 33.1 Å². The van der Waals surface area contributed by atoms with E-state index in [-0.39, 0.29) is 11.3 Å². The molecule has 0 radical (unpaired) electrons. The molecular formula is C17H28N2O2. The van der Waals surface area contributed by atoms with Crippen molar-refractivity contribution in [1.29, 1.82) is 0 Å². The Morgan fingerprint density at radius 3 is 2.52 bits per heavy atom. The van der Waals surface area contributed by atoms with Crippen molar-refractivity contribution in [2.75, 3.05) is 26.7 Å². The summed E-state index contributed by atoms with van der Waals surface area (Å²) >= 11 is 0. The number of nitrogens with two attached hydrogens (primary N) is 1. The highest BCUT2D eigenvalue weighted by Gasteiger charge is 2.19. The van der Waals surface area contributed by atoms with Crippen LogP contribution in [-0.2, 0) is 4.79 Å². The molecule has 0 spiro atoms. The monoisotopic (exact) mass is 292 g/mol. The molecule has 0 aromatic heterocycles. The standard InChI is InChI=1S/C17H28N2O2/c1-17(2,11-12-18)10-9-16(20)19(3)13-14-21-15-7-5-4-6-8-15/h4-8H,9-14,18H2,1-3H3. The molecule has 4 heteroatoms. The van der Waals surface area contributed by atoms with Crippen molar-refractivity contribution in [3.8, 4) is 5.75 Å². The van der Waals surface area contributed by atoms with Crippen LogP contribution in [-0.4, -0.2) is 37.6 Å². The van der Waals surface area contributed by atoms with Crippen molar-refractivity contribution in [3.63, 3.8) is 0 Å². The van der Waals surface area contributed by atoms with Crippen LogP contribution in [0.15, 0.2) is 30.3 Å². The fourth-order valence-electron chi connectivity index (χ4n) is 2.09. The quantitative estimate of drug-likeness (QED) is 0.761. The maximum absolute atomic E-state index is 12.1. The van der Waals surface area contributed by atoms with Gasteiger partial charge in [-0.25, -0.2) is 0 Å². The van der Waals surface area contributed by atoms with Crippen LogP contribution in [0.1, 0.15) is 33.1 Å². The molecule has 1 aromatic rings.